The number of unbranched alkanes of at least 4 members (excludes halogenated alkanes) is 11. The molecule has 261 valence electrons. The molecule has 0 aliphatic carbocycles. The van der Waals surface area contributed by atoms with Crippen LogP contribution >= 0.6 is 0 Å². The van der Waals surface area contributed by atoms with E-state index in [1.165, 1.54) is 151 Å². The van der Waals surface area contributed by atoms with Gasteiger partial charge in [0.25, 0.3) is 0 Å². The van der Waals surface area contributed by atoms with Gasteiger partial charge < -0.3 is 0 Å². The molecule has 2 aromatic rings. The van der Waals surface area contributed by atoms with Crippen LogP contribution in [0, 0.1) is 0 Å². The van der Waals surface area contributed by atoms with Crippen molar-refractivity contribution in [1.29, 1.82) is 0 Å². The van der Waals surface area contributed by atoms with E-state index in [1.54, 1.807) is 16.7 Å². The van der Waals surface area contributed by atoms with Gasteiger partial charge in [-0.15, -0.1) is 0 Å². The summed E-state index contributed by atoms with van der Waals surface area (Å²) in [6.07, 6.45) is 28.3. The monoisotopic (exact) mass is 720 g/mol. The van der Waals surface area contributed by atoms with Crippen LogP contribution in [0.5, 0.6) is 0 Å². The summed E-state index contributed by atoms with van der Waals surface area (Å²) in [4.78, 5) is 5.51. The Kier molecular flexibility index (Phi) is 22.5. The van der Waals surface area contributed by atoms with Gasteiger partial charge in [0.05, 0.1) is 0 Å². The number of aliphatic imine (C=N–C) groups is 1. The SMILES string of the molecule is CCCCCC(C(CCCC)=Nc1ccc(CCCCC)c(CCCCC)c1)=[N+]([Pd])c1ccc(CCCCC)c(CCCCC)c1. The summed E-state index contributed by atoms with van der Waals surface area (Å²) in [6.45, 7) is 13.8. The van der Waals surface area contributed by atoms with Crippen LogP contribution in [0.4, 0.5) is 11.4 Å². The van der Waals surface area contributed by atoms with E-state index in [9.17, 15) is 0 Å². The molecular weight excluding hydrogens is 651 g/mol. The molecule has 0 fully saturated rings. The Morgan fingerprint density at radius 2 is 0.957 bits per heavy atom. The van der Waals surface area contributed by atoms with Crippen LogP contribution < -0.4 is 0 Å². The number of aryl methyl sites for hydroxylation is 4. The van der Waals surface area contributed by atoms with E-state index in [0.717, 1.165) is 24.9 Å². The van der Waals surface area contributed by atoms with Crippen molar-refractivity contribution in [3.8, 4) is 0 Å². The van der Waals surface area contributed by atoms with Gasteiger partial charge in [-0.05, 0) is 0 Å². The van der Waals surface area contributed by atoms with Crippen LogP contribution in [-0.2, 0) is 45.1 Å². The van der Waals surface area contributed by atoms with Crippen molar-refractivity contribution in [2.75, 3.05) is 0 Å². The van der Waals surface area contributed by atoms with Gasteiger partial charge in [0, 0.05) is 0 Å². The van der Waals surface area contributed by atoms with Crippen LogP contribution in [0.25, 0.3) is 0 Å². The Hall–Kier alpha value is -1.56. The third-order valence-corrected chi connectivity index (χ3v) is 10.2. The molecule has 0 N–H and O–H groups in total. The number of rotatable bonds is 26. The third kappa shape index (κ3) is 15.1. The summed E-state index contributed by atoms with van der Waals surface area (Å²) in [7, 11) is 0. The second-order valence-electron chi connectivity index (χ2n) is 13.6. The standard InChI is InChI=1S/C43H70N2.Pd/c1-7-13-19-24-36-30-32-40(34-38(36)26-21-15-9-3)44-42(28-18-12-6)43(29-23-17-11-5)45-41-33-31-37(25-20-14-8-2)39(35-41)27-22-16-10-4;/h30-35H,7-29H2,1-6H3;/q;+1. The molecule has 0 bridgehead atoms. The van der Waals surface area contributed by atoms with Crippen LogP contribution in [0.2, 0.25) is 0 Å². The Bertz CT molecular complexity index is 1160. The molecule has 0 heterocycles. The first-order valence-electron chi connectivity index (χ1n) is 19.6. The molecule has 2 aromatic carbocycles. The number of benzene rings is 2. The molecule has 2 nitrogen and oxygen atoms in total. The zero-order valence-electron chi connectivity index (χ0n) is 30.9. The Labute approximate surface area is 297 Å². The van der Waals surface area contributed by atoms with Crippen LogP contribution in [0.1, 0.15) is 186 Å². The quantitative estimate of drug-likeness (QED) is 0.0522. The second kappa shape index (κ2) is 25.5. The van der Waals surface area contributed by atoms with Crippen molar-refractivity contribution in [2.24, 2.45) is 4.99 Å². The summed E-state index contributed by atoms with van der Waals surface area (Å²) in [5.41, 5.74) is 11.2. The van der Waals surface area contributed by atoms with Gasteiger partial charge in [0.2, 0.25) is 0 Å². The van der Waals surface area contributed by atoms with E-state index in [0.29, 0.717) is 0 Å². The third-order valence-electron chi connectivity index (χ3n) is 9.39. The summed E-state index contributed by atoms with van der Waals surface area (Å²) < 4.78 is 2.37. The maximum absolute atomic E-state index is 5.51. The first-order chi connectivity index (χ1) is 22.5. The average molecular weight is 721 g/mol. The van der Waals surface area contributed by atoms with E-state index < -0.39 is 0 Å². The van der Waals surface area contributed by atoms with Crippen molar-refractivity contribution in [3.05, 3.63) is 58.7 Å². The van der Waals surface area contributed by atoms with Gasteiger partial charge in [-0.3, -0.25) is 0 Å². The molecule has 0 radical (unpaired) electrons. The molecule has 0 saturated heterocycles. The second-order valence-corrected chi connectivity index (χ2v) is 14.2. The van der Waals surface area contributed by atoms with Gasteiger partial charge >= 0.3 is 291 Å². The van der Waals surface area contributed by atoms with Crippen molar-refractivity contribution in [1.82, 2.24) is 0 Å². The van der Waals surface area contributed by atoms with Gasteiger partial charge in [0.1, 0.15) is 0 Å². The molecular formula is C43H70N2Pd+. The van der Waals surface area contributed by atoms with Crippen LogP contribution in [0.15, 0.2) is 41.4 Å². The molecule has 46 heavy (non-hydrogen) atoms. The molecule has 3 heteroatoms. The number of nitrogens with zero attached hydrogens (tertiary/aromatic N) is 2. The summed E-state index contributed by atoms with van der Waals surface area (Å²) in [5, 5.41) is 0. The minimum absolute atomic E-state index is 1.02. The molecule has 0 amide bonds. The van der Waals surface area contributed by atoms with Crippen molar-refractivity contribution < 1.29 is 22.7 Å². The fourth-order valence-corrected chi connectivity index (χ4v) is 7.02. The van der Waals surface area contributed by atoms with Crippen molar-refractivity contribution in [2.45, 2.75) is 189 Å². The molecule has 0 unspecified atom stereocenters. The number of hydrogen-bond donors (Lipinski definition) is 0. The summed E-state index contributed by atoms with van der Waals surface area (Å²) in [5.74, 6) is 0. The van der Waals surface area contributed by atoms with E-state index >= 15 is 0 Å². The molecule has 0 aliphatic rings. The zero-order valence-corrected chi connectivity index (χ0v) is 32.5. The molecule has 0 spiro atoms. The van der Waals surface area contributed by atoms with Crippen LogP contribution in [-0.4, -0.2) is 14.6 Å². The van der Waals surface area contributed by atoms with Gasteiger partial charge in [0.15, 0.2) is 0 Å². The fraction of sp³-hybridized carbons (Fsp3) is 0.674. The molecule has 0 aliphatic heterocycles. The minimum atomic E-state index is 1.02. The Morgan fingerprint density at radius 3 is 1.48 bits per heavy atom. The normalized spacial score (nSPS) is 12.6. The number of hydrogen-bond acceptors (Lipinski definition) is 1. The predicted octanol–water partition coefficient (Wildman–Crippen LogP) is 13.7. The average Bonchev–Trinajstić information content (AvgIpc) is 3.06. The van der Waals surface area contributed by atoms with E-state index in [4.69, 9.17) is 4.99 Å². The van der Waals surface area contributed by atoms with Gasteiger partial charge in [-0.1, -0.05) is 6.92 Å². The molecule has 0 aromatic heterocycles. The Balaban J connectivity index is 2.61. The van der Waals surface area contributed by atoms with E-state index in [1.807, 2.05) is 0 Å². The van der Waals surface area contributed by atoms with Gasteiger partial charge in [-0.2, -0.15) is 0 Å². The van der Waals surface area contributed by atoms with Crippen molar-refractivity contribution >= 4 is 22.8 Å². The van der Waals surface area contributed by atoms with Crippen LogP contribution in [0.3, 0.4) is 0 Å². The molecule has 2 rings (SSSR count). The van der Waals surface area contributed by atoms with E-state index in [2.05, 4.69) is 101 Å². The van der Waals surface area contributed by atoms with Gasteiger partial charge in [-0.25, -0.2) is 0 Å². The van der Waals surface area contributed by atoms with Crippen molar-refractivity contribution in [3.63, 3.8) is 0 Å². The topological polar surface area (TPSA) is 15.4 Å². The fourth-order valence-electron chi connectivity index (χ4n) is 6.43. The summed E-state index contributed by atoms with van der Waals surface area (Å²) in [6, 6.07) is 14.4. The maximum atomic E-state index is 5.51. The van der Waals surface area contributed by atoms with E-state index in [-0.39, 0.29) is 0 Å². The first-order valence-corrected chi connectivity index (χ1v) is 20.3. The first kappa shape index (κ1) is 40.6. The zero-order chi connectivity index (χ0) is 33.4. The molecule has 0 atom stereocenters. The Morgan fingerprint density at radius 1 is 0.500 bits per heavy atom. The molecule has 0 saturated carbocycles. The predicted molar refractivity (Wildman–Crippen MR) is 201 cm³/mol. The summed E-state index contributed by atoms with van der Waals surface area (Å²) >= 11 is 3.77.